The Balaban J connectivity index is 1.55. The molecular weight excluding hydrogens is 405 g/mol. The van der Waals surface area contributed by atoms with Crippen LogP contribution in [0.2, 0.25) is 0 Å². The van der Waals surface area contributed by atoms with Crippen molar-refractivity contribution in [2.75, 3.05) is 38.4 Å². The van der Waals surface area contributed by atoms with Crippen molar-refractivity contribution in [1.82, 2.24) is 10.3 Å². The minimum absolute atomic E-state index is 0.187. The van der Waals surface area contributed by atoms with Gasteiger partial charge < -0.3 is 24.4 Å². The number of ether oxygens (including phenoxy) is 3. The zero-order valence-corrected chi connectivity index (χ0v) is 18.3. The number of carbonyl (C=O) groups excluding carboxylic acids is 2. The number of esters is 1. The standard InChI is InChI=1S/C22H32FN3O5/c1-15(31-20(27)6-4-3-5-11-23)24-21(28)18-9-10-19(26-12-17(13-26)29-2)22(25-18)30-14-16-7-8-16/h9-10,15-17H,3-8,11-14H2,1-2H3,(H,24,28). The highest BCUT2D eigenvalue weighted by Gasteiger charge is 2.31. The van der Waals surface area contributed by atoms with Crippen LogP contribution in [0.25, 0.3) is 0 Å². The lowest BCUT2D eigenvalue weighted by atomic mass is 10.1. The molecule has 1 aliphatic carbocycles. The van der Waals surface area contributed by atoms with Gasteiger partial charge in [0.05, 0.1) is 19.4 Å². The van der Waals surface area contributed by atoms with Crippen molar-refractivity contribution in [2.45, 2.75) is 57.8 Å². The monoisotopic (exact) mass is 437 g/mol. The number of hydrogen-bond donors (Lipinski definition) is 1. The number of alkyl halides is 1. The molecule has 1 aromatic heterocycles. The third-order valence-electron chi connectivity index (χ3n) is 5.40. The van der Waals surface area contributed by atoms with E-state index in [0.717, 1.165) is 31.6 Å². The molecule has 172 valence electrons. The summed E-state index contributed by atoms with van der Waals surface area (Å²) in [6, 6.07) is 3.47. The summed E-state index contributed by atoms with van der Waals surface area (Å²) in [5.41, 5.74) is 1.04. The average molecular weight is 438 g/mol. The van der Waals surface area contributed by atoms with Crippen molar-refractivity contribution in [1.29, 1.82) is 0 Å². The molecule has 1 N–H and O–H groups in total. The number of halogens is 1. The molecule has 31 heavy (non-hydrogen) atoms. The van der Waals surface area contributed by atoms with Gasteiger partial charge in [-0.25, -0.2) is 4.98 Å². The Morgan fingerprint density at radius 1 is 1.26 bits per heavy atom. The van der Waals surface area contributed by atoms with Gasteiger partial charge in [-0.2, -0.15) is 0 Å². The fraction of sp³-hybridized carbons (Fsp3) is 0.682. The number of nitrogens with one attached hydrogen (secondary N) is 1. The predicted molar refractivity (Wildman–Crippen MR) is 113 cm³/mol. The van der Waals surface area contributed by atoms with Gasteiger partial charge >= 0.3 is 5.97 Å². The molecule has 1 saturated carbocycles. The lowest BCUT2D eigenvalue weighted by molar-refractivity contribution is -0.149. The second kappa shape index (κ2) is 11.3. The number of nitrogens with zero attached hydrogens (tertiary/aromatic N) is 2. The van der Waals surface area contributed by atoms with Crippen LogP contribution >= 0.6 is 0 Å². The first-order valence-electron chi connectivity index (χ1n) is 11.0. The van der Waals surface area contributed by atoms with Crippen molar-refractivity contribution in [3.05, 3.63) is 17.8 Å². The van der Waals surface area contributed by atoms with E-state index < -0.39 is 18.1 Å². The molecular formula is C22H32FN3O5. The second-order valence-corrected chi connectivity index (χ2v) is 8.14. The van der Waals surface area contributed by atoms with Crippen molar-refractivity contribution in [3.8, 4) is 5.88 Å². The molecule has 0 bridgehead atoms. The molecule has 8 nitrogen and oxygen atoms in total. The van der Waals surface area contributed by atoms with Gasteiger partial charge in [0.2, 0.25) is 5.88 Å². The number of pyridine rings is 1. The maximum Gasteiger partial charge on any atom is 0.307 e. The van der Waals surface area contributed by atoms with Crippen LogP contribution in [0.4, 0.5) is 10.1 Å². The van der Waals surface area contributed by atoms with E-state index in [0.29, 0.717) is 37.7 Å². The number of carbonyl (C=O) groups is 2. The van der Waals surface area contributed by atoms with Gasteiger partial charge in [-0.05, 0) is 50.7 Å². The maximum absolute atomic E-state index is 12.6. The third-order valence-corrected chi connectivity index (χ3v) is 5.40. The highest BCUT2D eigenvalue weighted by Crippen LogP contribution is 2.34. The fourth-order valence-electron chi connectivity index (χ4n) is 3.26. The molecule has 0 spiro atoms. The first-order valence-corrected chi connectivity index (χ1v) is 11.0. The number of unbranched alkanes of at least 4 members (excludes halogenated alkanes) is 2. The smallest absolute Gasteiger partial charge is 0.307 e. The Morgan fingerprint density at radius 2 is 2.03 bits per heavy atom. The number of aromatic nitrogens is 1. The van der Waals surface area contributed by atoms with E-state index in [1.54, 1.807) is 20.1 Å². The summed E-state index contributed by atoms with van der Waals surface area (Å²) in [5, 5.41) is 2.63. The van der Waals surface area contributed by atoms with E-state index in [9.17, 15) is 14.0 Å². The molecule has 2 heterocycles. The first-order chi connectivity index (χ1) is 15.0. The van der Waals surface area contributed by atoms with Crippen LogP contribution in [0.15, 0.2) is 12.1 Å². The largest absolute Gasteiger partial charge is 0.476 e. The first kappa shape index (κ1) is 23.2. The zero-order chi connectivity index (χ0) is 22.2. The average Bonchev–Trinajstić information content (AvgIpc) is 3.54. The quantitative estimate of drug-likeness (QED) is 0.288. The number of anilines is 1. The normalized spacial score (nSPS) is 17.1. The summed E-state index contributed by atoms with van der Waals surface area (Å²) < 4.78 is 28.6. The van der Waals surface area contributed by atoms with Crippen LogP contribution in [0.1, 0.15) is 55.9 Å². The highest BCUT2D eigenvalue weighted by molar-refractivity contribution is 5.93. The van der Waals surface area contributed by atoms with Crippen LogP contribution in [0.3, 0.4) is 0 Å². The van der Waals surface area contributed by atoms with Crippen molar-refractivity contribution in [2.24, 2.45) is 5.92 Å². The van der Waals surface area contributed by atoms with Crippen molar-refractivity contribution in [3.63, 3.8) is 0 Å². The van der Waals surface area contributed by atoms with Crippen molar-refractivity contribution >= 4 is 17.6 Å². The van der Waals surface area contributed by atoms with Gasteiger partial charge in [-0.3, -0.25) is 14.0 Å². The second-order valence-electron chi connectivity index (χ2n) is 8.14. The van der Waals surface area contributed by atoms with Crippen LogP contribution in [-0.4, -0.2) is 62.7 Å². The van der Waals surface area contributed by atoms with E-state index >= 15 is 0 Å². The molecule has 3 rings (SSSR count). The fourth-order valence-corrected chi connectivity index (χ4v) is 3.26. The Hall–Kier alpha value is -2.42. The maximum atomic E-state index is 12.6. The number of hydrogen-bond acceptors (Lipinski definition) is 7. The summed E-state index contributed by atoms with van der Waals surface area (Å²) in [6.07, 6.45) is 3.54. The lowest BCUT2D eigenvalue weighted by Gasteiger charge is -2.40. The Kier molecular flexibility index (Phi) is 8.45. The van der Waals surface area contributed by atoms with Gasteiger partial charge in [0.1, 0.15) is 11.4 Å². The molecule has 1 aliphatic heterocycles. The van der Waals surface area contributed by atoms with Gasteiger partial charge in [-0.15, -0.1) is 0 Å². The lowest BCUT2D eigenvalue weighted by Crippen LogP contribution is -2.52. The molecule has 2 fully saturated rings. The molecule has 1 unspecified atom stereocenters. The number of rotatable bonds is 13. The molecule has 1 saturated heterocycles. The molecule has 0 aromatic carbocycles. The Bertz CT molecular complexity index is 753. The van der Waals surface area contributed by atoms with E-state index in [4.69, 9.17) is 14.2 Å². The molecule has 9 heteroatoms. The third kappa shape index (κ3) is 7.05. The van der Waals surface area contributed by atoms with Crippen LogP contribution in [-0.2, 0) is 14.3 Å². The van der Waals surface area contributed by atoms with E-state index in [-0.39, 0.29) is 24.9 Å². The topological polar surface area (TPSA) is 90.0 Å². The summed E-state index contributed by atoms with van der Waals surface area (Å²) in [6.45, 7) is 3.29. The SMILES string of the molecule is COC1CN(c2ccc(C(=O)NC(C)OC(=O)CCCCCF)nc2OCC2CC2)C1. The minimum atomic E-state index is -0.795. The number of amides is 1. The molecule has 0 radical (unpaired) electrons. The summed E-state index contributed by atoms with van der Waals surface area (Å²) in [7, 11) is 1.69. The van der Waals surface area contributed by atoms with Gasteiger partial charge in [-0.1, -0.05) is 6.42 Å². The van der Waals surface area contributed by atoms with Crippen LogP contribution in [0.5, 0.6) is 5.88 Å². The van der Waals surface area contributed by atoms with Crippen LogP contribution in [0, 0.1) is 5.92 Å². The Labute approximate surface area is 182 Å². The summed E-state index contributed by atoms with van der Waals surface area (Å²) in [5.74, 6) is 0.124. The highest BCUT2D eigenvalue weighted by atomic mass is 19.1. The van der Waals surface area contributed by atoms with E-state index in [1.807, 2.05) is 6.07 Å². The Morgan fingerprint density at radius 3 is 2.71 bits per heavy atom. The van der Waals surface area contributed by atoms with Crippen LogP contribution < -0.4 is 15.0 Å². The van der Waals surface area contributed by atoms with Gasteiger partial charge in [0.25, 0.3) is 5.91 Å². The summed E-state index contributed by atoms with van der Waals surface area (Å²) in [4.78, 5) is 31.0. The molecule has 1 amide bonds. The summed E-state index contributed by atoms with van der Waals surface area (Å²) >= 11 is 0. The number of methoxy groups -OCH3 is 1. The predicted octanol–water partition coefficient (Wildman–Crippen LogP) is 2.85. The molecule has 1 atom stereocenters. The zero-order valence-electron chi connectivity index (χ0n) is 18.3. The van der Waals surface area contributed by atoms with Gasteiger partial charge in [0, 0.05) is 26.6 Å². The van der Waals surface area contributed by atoms with Gasteiger partial charge in [0.15, 0.2) is 6.23 Å². The molecule has 2 aliphatic rings. The van der Waals surface area contributed by atoms with E-state index in [1.165, 1.54) is 0 Å². The molecule has 1 aromatic rings. The minimum Gasteiger partial charge on any atom is -0.476 e. The van der Waals surface area contributed by atoms with Crippen molar-refractivity contribution < 1.29 is 28.2 Å². The van der Waals surface area contributed by atoms with E-state index in [2.05, 4.69) is 15.2 Å².